The van der Waals surface area contributed by atoms with Crippen molar-refractivity contribution in [2.45, 2.75) is 6.92 Å². The lowest BCUT2D eigenvalue weighted by atomic mass is 10.2. The molecule has 0 saturated heterocycles. The Balaban J connectivity index is 1.37. The molecule has 0 aliphatic heterocycles. The maximum atomic E-state index is 12.5. The van der Waals surface area contributed by atoms with E-state index in [4.69, 9.17) is 0 Å². The van der Waals surface area contributed by atoms with Crippen LogP contribution >= 0.6 is 0 Å². The number of anilines is 1. The molecule has 0 fully saturated rings. The highest BCUT2D eigenvalue weighted by molar-refractivity contribution is 6.03. The third-order valence-corrected chi connectivity index (χ3v) is 4.65. The van der Waals surface area contributed by atoms with Crippen molar-refractivity contribution in [3.8, 4) is 11.4 Å². The Labute approximate surface area is 160 Å². The van der Waals surface area contributed by atoms with Crippen molar-refractivity contribution in [1.29, 1.82) is 0 Å². The van der Waals surface area contributed by atoms with Gasteiger partial charge in [-0.25, -0.2) is 9.97 Å². The lowest BCUT2D eigenvalue weighted by Crippen LogP contribution is -2.12. The number of nitrogens with one attached hydrogen (secondary N) is 2. The number of benzene rings is 2. The number of imidazole rings is 2. The van der Waals surface area contributed by atoms with Crippen LogP contribution in [0.4, 0.5) is 5.69 Å². The minimum atomic E-state index is -0.238. The molecule has 0 aliphatic carbocycles. The highest BCUT2D eigenvalue weighted by Crippen LogP contribution is 2.22. The van der Waals surface area contributed by atoms with E-state index in [0.717, 1.165) is 33.6 Å². The van der Waals surface area contributed by atoms with Crippen LogP contribution in [0.2, 0.25) is 0 Å². The van der Waals surface area contributed by atoms with Gasteiger partial charge in [-0.2, -0.15) is 0 Å². The average Bonchev–Trinajstić information content (AvgIpc) is 3.32. The number of H-pyrrole nitrogens is 1. The van der Waals surface area contributed by atoms with Crippen LogP contribution in [0.1, 0.15) is 16.1 Å². The molecule has 0 unspecified atom stereocenters. The van der Waals surface area contributed by atoms with Gasteiger partial charge in [0.1, 0.15) is 17.2 Å². The van der Waals surface area contributed by atoms with Crippen molar-refractivity contribution in [3.63, 3.8) is 0 Å². The van der Waals surface area contributed by atoms with Crippen LogP contribution in [0, 0.1) is 6.92 Å². The second-order valence-electron chi connectivity index (χ2n) is 6.73. The van der Waals surface area contributed by atoms with Crippen LogP contribution in [0.25, 0.3) is 28.1 Å². The largest absolute Gasteiger partial charge is 0.338 e. The fraction of sp³-hybridized carbons (Fsp3) is 0.0455. The van der Waals surface area contributed by atoms with E-state index in [1.165, 1.54) is 0 Å². The fourth-order valence-electron chi connectivity index (χ4n) is 3.19. The molecule has 5 rings (SSSR count). The van der Waals surface area contributed by atoms with Gasteiger partial charge in [0.15, 0.2) is 0 Å². The van der Waals surface area contributed by atoms with Gasteiger partial charge in [-0.3, -0.25) is 4.79 Å². The van der Waals surface area contributed by atoms with Crippen LogP contribution < -0.4 is 5.32 Å². The first-order chi connectivity index (χ1) is 13.7. The van der Waals surface area contributed by atoms with Gasteiger partial charge >= 0.3 is 0 Å². The summed E-state index contributed by atoms with van der Waals surface area (Å²) in [6.07, 6.45) is 3.63. The maximum Gasteiger partial charge on any atom is 0.275 e. The molecule has 6 nitrogen and oxygen atoms in total. The summed E-state index contributed by atoms with van der Waals surface area (Å²) in [5.74, 6) is 0.563. The van der Waals surface area contributed by atoms with Gasteiger partial charge in [0.2, 0.25) is 0 Å². The molecule has 0 spiro atoms. The maximum absolute atomic E-state index is 12.5. The number of rotatable bonds is 3. The van der Waals surface area contributed by atoms with E-state index in [2.05, 4.69) is 20.3 Å². The number of hydrogen-bond acceptors (Lipinski definition) is 3. The van der Waals surface area contributed by atoms with Crippen molar-refractivity contribution in [1.82, 2.24) is 19.4 Å². The third kappa shape index (κ3) is 2.91. The monoisotopic (exact) mass is 367 g/mol. The number of amides is 1. The number of carbonyl (C=O) groups excluding carboxylic acids is 1. The minimum Gasteiger partial charge on any atom is -0.338 e. The van der Waals surface area contributed by atoms with E-state index >= 15 is 0 Å². The van der Waals surface area contributed by atoms with Crippen molar-refractivity contribution < 1.29 is 4.79 Å². The van der Waals surface area contributed by atoms with E-state index in [-0.39, 0.29) is 5.91 Å². The van der Waals surface area contributed by atoms with Crippen LogP contribution in [-0.4, -0.2) is 25.3 Å². The molecule has 0 saturated carbocycles. The van der Waals surface area contributed by atoms with Gasteiger partial charge in [0, 0.05) is 23.6 Å². The first-order valence-corrected chi connectivity index (χ1v) is 8.98. The molecule has 0 atom stereocenters. The summed E-state index contributed by atoms with van der Waals surface area (Å²) in [5.41, 5.74) is 5.83. The smallest absolute Gasteiger partial charge is 0.275 e. The lowest BCUT2D eigenvalue weighted by molar-refractivity contribution is 0.102. The predicted octanol–water partition coefficient (Wildman–Crippen LogP) is 4.44. The summed E-state index contributed by atoms with van der Waals surface area (Å²) in [6.45, 7) is 2.00. The van der Waals surface area contributed by atoms with Gasteiger partial charge in [-0.15, -0.1) is 0 Å². The number of aryl methyl sites for hydroxylation is 1. The molecule has 1 amide bonds. The number of aromatic nitrogens is 4. The highest BCUT2D eigenvalue weighted by Gasteiger charge is 2.12. The Kier molecular flexibility index (Phi) is 3.69. The van der Waals surface area contributed by atoms with Crippen molar-refractivity contribution in [2.75, 3.05) is 5.32 Å². The number of nitrogens with zero attached hydrogens (tertiary/aromatic N) is 3. The summed E-state index contributed by atoms with van der Waals surface area (Å²) in [6, 6.07) is 19.4. The van der Waals surface area contributed by atoms with Gasteiger partial charge in [-0.05, 0) is 61.0 Å². The number of carbonyl (C=O) groups is 1. The Hall–Kier alpha value is -3.93. The second-order valence-corrected chi connectivity index (χ2v) is 6.73. The van der Waals surface area contributed by atoms with E-state index in [9.17, 15) is 4.79 Å². The van der Waals surface area contributed by atoms with E-state index in [0.29, 0.717) is 11.4 Å². The van der Waals surface area contributed by atoms with Crippen LogP contribution in [-0.2, 0) is 0 Å². The zero-order valence-corrected chi connectivity index (χ0v) is 15.2. The van der Waals surface area contributed by atoms with Crippen LogP contribution in [0.15, 0.2) is 73.1 Å². The molecule has 6 heteroatoms. The van der Waals surface area contributed by atoms with Crippen LogP contribution in [0.5, 0.6) is 0 Å². The Morgan fingerprint density at radius 2 is 1.86 bits per heavy atom. The molecule has 0 bridgehead atoms. The second kappa shape index (κ2) is 6.35. The molecule has 3 heterocycles. The average molecular weight is 367 g/mol. The van der Waals surface area contributed by atoms with Gasteiger partial charge in [0.05, 0.1) is 11.0 Å². The predicted molar refractivity (Wildman–Crippen MR) is 109 cm³/mol. The molecular weight excluding hydrogens is 350 g/mol. The van der Waals surface area contributed by atoms with E-state index in [1.54, 1.807) is 6.20 Å². The topological polar surface area (TPSA) is 75.1 Å². The summed E-state index contributed by atoms with van der Waals surface area (Å²) < 4.78 is 1.84. The van der Waals surface area contributed by atoms with Crippen molar-refractivity contribution in [3.05, 3.63) is 84.3 Å². The quantitative estimate of drug-likeness (QED) is 0.495. The molecular formula is C22H17N5O. The van der Waals surface area contributed by atoms with E-state index in [1.807, 2.05) is 78.2 Å². The SMILES string of the molecule is Cc1ccn2cc(C(=O)Nc3ccc(-c4nc5ccccc5[nH]4)cc3)nc2c1. The molecule has 136 valence electrons. The zero-order chi connectivity index (χ0) is 19.1. The number of pyridine rings is 1. The summed E-state index contributed by atoms with van der Waals surface area (Å²) in [4.78, 5) is 24.8. The first-order valence-electron chi connectivity index (χ1n) is 8.98. The molecule has 3 aromatic heterocycles. The van der Waals surface area contributed by atoms with Crippen molar-refractivity contribution in [2.24, 2.45) is 0 Å². The lowest BCUT2D eigenvalue weighted by Gasteiger charge is -2.04. The minimum absolute atomic E-state index is 0.238. The van der Waals surface area contributed by atoms with Gasteiger partial charge in [0.25, 0.3) is 5.91 Å². The third-order valence-electron chi connectivity index (χ3n) is 4.65. The summed E-state index contributed by atoms with van der Waals surface area (Å²) in [7, 11) is 0. The number of aromatic amines is 1. The van der Waals surface area contributed by atoms with Crippen LogP contribution in [0.3, 0.4) is 0 Å². The summed E-state index contributed by atoms with van der Waals surface area (Å²) >= 11 is 0. The molecule has 28 heavy (non-hydrogen) atoms. The van der Waals surface area contributed by atoms with Gasteiger partial charge in [-0.1, -0.05) is 12.1 Å². The Morgan fingerprint density at radius 3 is 2.68 bits per heavy atom. The Bertz CT molecular complexity index is 1280. The zero-order valence-electron chi connectivity index (χ0n) is 15.2. The van der Waals surface area contributed by atoms with E-state index < -0.39 is 0 Å². The normalized spacial score (nSPS) is 11.2. The summed E-state index contributed by atoms with van der Waals surface area (Å²) in [5, 5.41) is 2.89. The number of para-hydroxylation sites is 2. The number of fused-ring (bicyclic) bond motifs is 2. The number of hydrogen-bond donors (Lipinski definition) is 2. The highest BCUT2D eigenvalue weighted by atomic mass is 16.1. The van der Waals surface area contributed by atoms with Gasteiger partial charge < -0.3 is 14.7 Å². The molecule has 0 radical (unpaired) electrons. The molecule has 5 aromatic rings. The molecule has 0 aliphatic rings. The van der Waals surface area contributed by atoms with Crippen molar-refractivity contribution >= 4 is 28.3 Å². The fourth-order valence-corrected chi connectivity index (χ4v) is 3.19. The Morgan fingerprint density at radius 1 is 1.04 bits per heavy atom. The first kappa shape index (κ1) is 16.3. The molecule has 2 N–H and O–H groups in total. The molecule has 2 aromatic carbocycles. The standard InChI is InChI=1S/C22H17N5O/c1-14-10-11-27-13-19(24-20(27)12-14)22(28)23-16-8-6-15(7-9-16)21-25-17-4-2-3-5-18(17)26-21/h2-13H,1H3,(H,23,28)(H,25,26).